The molecule has 1 aromatic heterocycles. The van der Waals surface area contributed by atoms with Crippen molar-refractivity contribution < 1.29 is 4.79 Å². The first-order valence-electron chi connectivity index (χ1n) is 7.02. The second kappa shape index (κ2) is 6.42. The lowest BCUT2D eigenvalue weighted by Crippen LogP contribution is -2.31. The Morgan fingerprint density at radius 1 is 1.53 bits per heavy atom. The number of carbonyl (C=O) groups excluding carboxylic acids is 1. The molecular weight excluding hydrogens is 262 g/mol. The van der Waals surface area contributed by atoms with Crippen LogP contribution in [-0.2, 0) is 13.5 Å². The molecule has 0 radical (unpaired) electrons. The second-order valence-electron chi connectivity index (χ2n) is 5.33. The average molecular weight is 284 g/mol. The van der Waals surface area contributed by atoms with Crippen molar-refractivity contribution in [2.75, 3.05) is 12.4 Å². The highest BCUT2D eigenvalue weighted by Crippen LogP contribution is 2.31. The molecule has 0 aromatic carbocycles. The maximum Gasteiger partial charge on any atom is 0.254 e. The largest absolute Gasteiger partial charge is 0.352 e. The highest BCUT2D eigenvalue weighted by atomic mass is 35.5. The normalized spacial score (nSPS) is 22.7. The van der Waals surface area contributed by atoms with Crippen molar-refractivity contribution in [2.45, 2.75) is 32.6 Å². The van der Waals surface area contributed by atoms with E-state index in [1.807, 2.05) is 14.0 Å². The lowest BCUT2D eigenvalue weighted by atomic mass is 9.98. The maximum atomic E-state index is 12.2. The molecule has 106 valence electrons. The van der Waals surface area contributed by atoms with Crippen LogP contribution in [0.1, 0.15) is 42.2 Å². The van der Waals surface area contributed by atoms with E-state index in [2.05, 4.69) is 10.4 Å². The number of aromatic nitrogens is 2. The van der Waals surface area contributed by atoms with Crippen LogP contribution in [0.25, 0.3) is 0 Å². The molecule has 2 rings (SSSR count). The monoisotopic (exact) mass is 283 g/mol. The zero-order valence-corrected chi connectivity index (χ0v) is 12.4. The minimum atomic E-state index is -0.00910. The first-order chi connectivity index (χ1) is 9.15. The molecular formula is C14H22ClN3O. The van der Waals surface area contributed by atoms with Gasteiger partial charge in [0.2, 0.25) is 0 Å². The number of rotatable bonds is 5. The van der Waals surface area contributed by atoms with Gasteiger partial charge in [-0.3, -0.25) is 9.48 Å². The molecule has 2 unspecified atom stereocenters. The van der Waals surface area contributed by atoms with Gasteiger partial charge in [-0.2, -0.15) is 5.10 Å². The van der Waals surface area contributed by atoms with E-state index in [9.17, 15) is 4.79 Å². The highest BCUT2D eigenvalue weighted by Gasteiger charge is 2.27. The Bertz CT molecular complexity index is 444. The molecule has 1 aromatic rings. The lowest BCUT2D eigenvalue weighted by molar-refractivity contribution is 0.0943. The van der Waals surface area contributed by atoms with Gasteiger partial charge < -0.3 is 5.32 Å². The van der Waals surface area contributed by atoms with Gasteiger partial charge in [0.25, 0.3) is 5.91 Å². The van der Waals surface area contributed by atoms with Crippen molar-refractivity contribution in [2.24, 2.45) is 18.9 Å². The Labute approximate surface area is 119 Å². The predicted molar refractivity (Wildman–Crippen MR) is 76.5 cm³/mol. The summed E-state index contributed by atoms with van der Waals surface area (Å²) in [6, 6.07) is 0. The number of nitrogens with zero attached hydrogens (tertiary/aromatic N) is 2. The third-order valence-corrected chi connectivity index (χ3v) is 4.42. The van der Waals surface area contributed by atoms with Gasteiger partial charge in [0.05, 0.1) is 11.3 Å². The molecule has 1 amide bonds. The van der Waals surface area contributed by atoms with Crippen LogP contribution in [0.5, 0.6) is 0 Å². The molecule has 1 aliphatic rings. The zero-order chi connectivity index (χ0) is 13.8. The van der Waals surface area contributed by atoms with Crippen LogP contribution in [0.15, 0.2) is 6.20 Å². The van der Waals surface area contributed by atoms with E-state index in [0.29, 0.717) is 23.3 Å². The van der Waals surface area contributed by atoms with Gasteiger partial charge in [-0.1, -0.05) is 13.3 Å². The molecule has 0 aliphatic heterocycles. The maximum absolute atomic E-state index is 12.2. The van der Waals surface area contributed by atoms with Crippen molar-refractivity contribution >= 4 is 17.5 Å². The van der Waals surface area contributed by atoms with E-state index < -0.39 is 0 Å². The fourth-order valence-electron chi connectivity index (χ4n) is 2.89. The molecule has 2 atom stereocenters. The van der Waals surface area contributed by atoms with E-state index in [-0.39, 0.29) is 5.91 Å². The summed E-state index contributed by atoms with van der Waals surface area (Å²) >= 11 is 5.96. The summed E-state index contributed by atoms with van der Waals surface area (Å²) in [6.45, 7) is 2.74. The van der Waals surface area contributed by atoms with E-state index in [4.69, 9.17) is 11.6 Å². The second-order valence-corrected chi connectivity index (χ2v) is 5.64. The Balaban J connectivity index is 1.94. The molecule has 5 heteroatoms. The van der Waals surface area contributed by atoms with Crippen molar-refractivity contribution in [1.82, 2.24) is 15.1 Å². The number of aryl methyl sites for hydroxylation is 2. The molecule has 1 aliphatic carbocycles. The molecule has 1 heterocycles. The zero-order valence-electron chi connectivity index (χ0n) is 11.7. The summed E-state index contributed by atoms with van der Waals surface area (Å²) in [5, 5.41) is 7.34. The van der Waals surface area contributed by atoms with Crippen LogP contribution in [0.3, 0.4) is 0 Å². The van der Waals surface area contributed by atoms with Gasteiger partial charge in [0.15, 0.2) is 0 Å². The number of halogens is 1. The standard InChI is InChI=1S/C14H22ClN3O/c1-3-13-12(9-18(2)17-13)14(19)16-8-11-6-4-5-10(11)7-15/h9-11H,3-8H2,1-2H3,(H,16,19). The Morgan fingerprint density at radius 2 is 2.26 bits per heavy atom. The van der Waals surface area contributed by atoms with Gasteiger partial charge in [-0.15, -0.1) is 11.6 Å². The minimum Gasteiger partial charge on any atom is -0.352 e. The van der Waals surface area contributed by atoms with Crippen LogP contribution >= 0.6 is 11.6 Å². The minimum absolute atomic E-state index is 0.00910. The summed E-state index contributed by atoms with van der Waals surface area (Å²) in [6.07, 6.45) is 6.16. The number of hydrogen-bond donors (Lipinski definition) is 1. The van der Waals surface area contributed by atoms with Crippen molar-refractivity contribution in [3.63, 3.8) is 0 Å². The Hall–Kier alpha value is -1.03. The quantitative estimate of drug-likeness (QED) is 0.844. The molecule has 0 bridgehead atoms. The summed E-state index contributed by atoms with van der Waals surface area (Å²) in [5.74, 6) is 1.78. The number of carbonyl (C=O) groups is 1. The third kappa shape index (κ3) is 3.30. The van der Waals surface area contributed by atoms with Crippen LogP contribution in [0.2, 0.25) is 0 Å². The van der Waals surface area contributed by atoms with E-state index >= 15 is 0 Å². The number of alkyl halides is 1. The highest BCUT2D eigenvalue weighted by molar-refractivity contribution is 6.18. The van der Waals surface area contributed by atoms with E-state index in [1.165, 1.54) is 19.3 Å². The number of hydrogen-bond acceptors (Lipinski definition) is 2. The molecule has 1 fully saturated rings. The third-order valence-electron chi connectivity index (χ3n) is 4.02. The van der Waals surface area contributed by atoms with Crippen LogP contribution < -0.4 is 5.32 Å². The fourth-order valence-corrected chi connectivity index (χ4v) is 3.30. The van der Waals surface area contributed by atoms with Crippen molar-refractivity contribution in [3.05, 3.63) is 17.5 Å². The van der Waals surface area contributed by atoms with Gasteiger partial charge in [-0.25, -0.2) is 0 Å². The first-order valence-corrected chi connectivity index (χ1v) is 7.55. The van der Waals surface area contributed by atoms with E-state index in [1.54, 1.807) is 10.9 Å². The van der Waals surface area contributed by atoms with Crippen LogP contribution in [0.4, 0.5) is 0 Å². The fraction of sp³-hybridized carbons (Fsp3) is 0.714. The summed E-state index contributed by atoms with van der Waals surface area (Å²) in [5.41, 5.74) is 1.56. The van der Waals surface area contributed by atoms with Crippen molar-refractivity contribution in [3.8, 4) is 0 Å². The van der Waals surface area contributed by atoms with E-state index in [0.717, 1.165) is 18.7 Å². The molecule has 1 saturated carbocycles. The topological polar surface area (TPSA) is 46.9 Å². The molecule has 1 N–H and O–H groups in total. The first kappa shape index (κ1) is 14.4. The van der Waals surface area contributed by atoms with Gasteiger partial charge in [0.1, 0.15) is 0 Å². The predicted octanol–water partition coefficient (Wildman–Crippen LogP) is 2.37. The van der Waals surface area contributed by atoms with Gasteiger partial charge in [-0.05, 0) is 31.1 Å². The van der Waals surface area contributed by atoms with Crippen LogP contribution in [-0.4, -0.2) is 28.1 Å². The summed E-state index contributed by atoms with van der Waals surface area (Å²) in [7, 11) is 1.84. The Morgan fingerprint density at radius 3 is 2.95 bits per heavy atom. The molecule has 19 heavy (non-hydrogen) atoms. The van der Waals surface area contributed by atoms with Gasteiger partial charge >= 0.3 is 0 Å². The smallest absolute Gasteiger partial charge is 0.254 e. The number of amides is 1. The average Bonchev–Trinajstić information content (AvgIpc) is 3.01. The van der Waals surface area contributed by atoms with Crippen LogP contribution in [0, 0.1) is 11.8 Å². The lowest BCUT2D eigenvalue weighted by Gasteiger charge is -2.17. The van der Waals surface area contributed by atoms with Crippen molar-refractivity contribution in [1.29, 1.82) is 0 Å². The molecule has 4 nitrogen and oxygen atoms in total. The SMILES string of the molecule is CCc1nn(C)cc1C(=O)NCC1CCCC1CCl. The molecule has 0 saturated heterocycles. The molecule has 0 spiro atoms. The Kier molecular flexibility index (Phi) is 4.86. The summed E-state index contributed by atoms with van der Waals surface area (Å²) < 4.78 is 1.70. The summed E-state index contributed by atoms with van der Waals surface area (Å²) in [4.78, 5) is 12.2. The number of nitrogens with one attached hydrogen (secondary N) is 1. The van der Waals surface area contributed by atoms with Gasteiger partial charge in [0, 0.05) is 25.7 Å².